The molecule has 3 aliphatic rings. The number of benzene rings is 2. The van der Waals surface area contributed by atoms with Gasteiger partial charge in [0.1, 0.15) is 31.1 Å². The van der Waals surface area contributed by atoms with Gasteiger partial charge in [0, 0.05) is 0 Å². The van der Waals surface area contributed by atoms with Crippen LogP contribution in [0.5, 0.6) is 5.75 Å². The molecule has 0 aliphatic carbocycles. The van der Waals surface area contributed by atoms with Crippen molar-refractivity contribution in [2.75, 3.05) is 26.4 Å². The van der Waals surface area contributed by atoms with Gasteiger partial charge < -0.3 is 23.8 Å². The van der Waals surface area contributed by atoms with Gasteiger partial charge >= 0.3 is 12.0 Å². The maximum absolute atomic E-state index is 13.3. The molecule has 35 heavy (non-hydrogen) atoms. The molecular formula is C26H30N2O7. The molecular weight excluding hydrogens is 452 g/mol. The largest absolute Gasteiger partial charge is 0.491 e. The van der Waals surface area contributed by atoms with Gasteiger partial charge in [0.05, 0.1) is 19.8 Å². The minimum Gasteiger partial charge on any atom is -0.491 e. The fourth-order valence-corrected chi connectivity index (χ4v) is 4.76. The van der Waals surface area contributed by atoms with Crippen LogP contribution in [0.4, 0.5) is 4.79 Å². The molecule has 3 atom stereocenters. The van der Waals surface area contributed by atoms with E-state index >= 15 is 0 Å². The first-order valence-electron chi connectivity index (χ1n) is 11.9. The molecule has 0 aromatic heterocycles. The Bertz CT molecular complexity index is 1090. The van der Waals surface area contributed by atoms with Crippen LogP contribution in [0.25, 0.3) is 0 Å². The number of rotatable bonds is 8. The number of esters is 1. The third-order valence-electron chi connectivity index (χ3n) is 6.34. The van der Waals surface area contributed by atoms with Gasteiger partial charge in [-0.25, -0.2) is 9.59 Å². The Balaban J connectivity index is 1.39. The van der Waals surface area contributed by atoms with E-state index in [2.05, 4.69) is 0 Å². The molecule has 2 aromatic carbocycles. The smallest absolute Gasteiger partial charge is 0.345 e. The fourth-order valence-electron chi connectivity index (χ4n) is 4.76. The second-order valence-corrected chi connectivity index (χ2v) is 9.24. The van der Waals surface area contributed by atoms with Crippen LogP contribution in [0.1, 0.15) is 49.5 Å². The van der Waals surface area contributed by atoms with E-state index in [4.69, 9.17) is 23.8 Å². The molecule has 2 saturated heterocycles. The minimum atomic E-state index is -0.833. The SMILES string of the molecule is CCOC(=O)C1c2ccc(OCC3COC(C)(C)O3)cc2C2CN1C(=O)N2OCc1ccccc1. The van der Waals surface area contributed by atoms with E-state index < -0.39 is 17.8 Å². The minimum absolute atomic E-state index is 0.178. The second-order valence-electron chi connectivity index (χ2n) is 9.24. The maximum Gasteiger partial charge on any atom is 0.345 e. The number of ether oxygens (including phenoxy) is 4. The van der Waals surface area contributed by atoms with Gasteiger partial charge in [-0.1, -0.05) is 36.4 Å². The van der Waals surface area contributed by atoms with E-state index in [1.165, 1.54) is 9.96 Å². The molecule has 186 valence electrons. The number of hydrogen-bond acceptors (Lipinski definition) is 7. The summed E-state index contributed by atoms with van der Waals surface area (Å²) in [4.78, 5) is 33.7. The van der Waals surface area contributed by atoms with Crippen LogP contribution >= 0.6 is 0 Å². The molecule has 2 bridgehead atoms. The first-order valence-corrected chi connectivity index (χ1v) is 11.9. The lowest BCUT2D eigenvalue weighted by atomic mass is 9.91. The number of amides is 2. The first-order chi connectivity index (χ1) is 16.9. The first kappa shape index (κ1) is 23.6. The van der Waals surface area contributed by atoms with Crippen molar-refractivity contribution in [2.24, 2.45) is 0 Å². The number of carbonyl (C=O) groups is 2. The third-order valence-corrected chi connectivity index (χ3v) is 6.34. The van der Waals surface area contributed by atoms with Crippen LogP contribution < -0.4 is 4.74 Å². The molecule has 3 aliphatic heterocycles. The Morgan fingerprint density at radius 2 is 1.94 bits per heavy atom. The highest BCUT2D eigenvalue weighted by Crippen LogP contribution is 2.45. The van der Waals surface area contributed by atoms with Gasteiger partial charge in [-0.15, -0.1) is 0 Å². The Kier molecular flexibility index (Phi) is 6.39. The Morgan fingerprint density at radius 3 is 2.66 bits per heavy atom. The molecule has 0 N–H and O–H groups in total. The Hall–Kier alpha value is -3.14. The molecule has 2 aromatic rings. The summed E-state index contributed by atoms with van der Waals surface area (Å²) in [6.45, 7) is 7.05. The van der Waals surface area contributed by atoms with Gasteiger partial charge in [0.25, 0.3) is 0 Å². The lowest BCUT2D eigenvalue weighted by Gasteiger charge is -2.31. The Labute approximate surface area is 204 Å². The average molecular weight is 483 g/mol. The summed E-state index contributed by atoms with van der Waals surface area (Å²) in [5, 5.41) is 1.37. The lowest BCUT2D eigenvalue weighted by molar-refractivity contribution is -0.149. The van der Waals surface area contributed by atoms with Gasteiger partial charge in [0.2, 0.25) is 0 Å². The zero-order chi connectivity index (χ0) is 24.6. The highest BCUT2D eigenvalue weighted by Gasteiger charge is 2.51. The van der Waals surface area contributed by atoms with Gasteiger partial charge in [-0.05, 0) is 49.6 Å². The predicted octanol–water partition coefficient (Wildman–Crippen LogP) is 3.75. The van der Waals surface area contributed by atoms with Crippen molar-refractivity contribution in [2.45, 2.75) is 51.4 Å². The number of urea groups is 1. The van der Waals surface area contributed by atoms with E-state index in [1.54, 1.807) is 13.0 Å². The van der Waals surface area contributed by atoms with Crippen molar-refractivity contribution in [3.63, 3.8) is 0 Å². The number of hydrogen-bond donors (Lipinski definition) is 0. The topological polar surface area (TPSA) is 86.8 Å². The number of fused-ring (bicyclic) bond motifs is 4. The summed E-state index contributed by atoms with van der Waals surface area (Å²) in [7, 11) is 0. The van der Waals surface area contributed by atoms with Crippen molar-refractivity contribution in [1.29, 1.82) is 0 Å². The van der Waals surface area contributed by atoms with Gasteiger partial charge in [-0.3, -0.25) is 4.84 Å². The fraction of sp³-hybridized carbons (Fsp3) is 0.462. The summed E-state index contributed by atoms with van der Waals surface area (Å²) < 4.78 is 22.8. The molecule has 2 amide bonds. The van der Waals surface area contributed by atoms with Crippen molar-refractivity contribution in [3.05, 3.63) is 65.2 Å². The van der Waals surface area contributed by atoms with Crippen LogP contribution in [0.15, 0.2) is 48.5 Å². The molecule has 0 spiro atoms. The summed E-state index contributed by atoms with van der Waals surface area (Å²) in [5.41, 5.74) is 2.46. The zero-order valence-corrected chi connectivity index (χ0v) is 20.1. The molecule has 0 saturated carbocycles. The zero-order valence-electron chi connectivity index (χ0n) is 20.1. The van der Waals surface area contributed by atoms with E-state index in [0.29, 0.717) is 31.1 Å². The number of hydroxylamine groups is 2. The summed E-state index contributed by atoms with van der Waals surface area (Å²) in [5.74, 6) is -0.464. The molecule has 3 unspecified atom stereocenters. The van der Waals surface area contributed by atoms with Crippen molar-refractivity contribution in [1.82, 2.24) is 9.96 Å². The Morgan fingerprint density at radius 1 is 1.14 bits per heavy atom. The second kappa shape index (κ2) is 9.49. The molecule has 0 radical (unpaired) electrons. The molecule has 2 fully saturated rings. The molecule has 9 heteroatoms. The van der Waals surface area contributed by atoms with Gasteiger partial charge in [-0.2, -0.15) is 5.06 Å². The number of nitrogens with zero attached hydrogens (tertiary/aromatic N) is 2. The van der Waals surface area contributed by atoms with E-state index in [-0.39, 0.29) is 31.4 Å². The summed E-state index contributed by atoms with van der Waals surface area (Å²) in [6, 6.07) is 13.6. The summed E-state index contributed by atoms with van der Waals surface area (Å²) >= 11 is 0. The molecule has 5 rings (SSSR count). The van der Waals surface area contributed by atoms with Crippen LogP contribution in [0.2, 0.25) is 0 Å². The van der Waals surface area contributed by atoms with E-state index in [0.717, 1.165) is 11.1 Å². The van der Waals surface area contributed by atoms with Crippen molar-refractivity contribution >= 4 is 12.0 Å². The molecule has 9 nitrogen and oxygen atoms in total. The van der Waals surface area contributed by atoms with E-state index in [9.17, 15) is 9.59 Å². The number of carbonyl (C=O) groups excluding carboxylic acids is 2. The van der Waals surface area contributed by atoms with Crippen molar-refractivity contribution < 1.29 is 33.4 Å². The van der Waals surface area contributed by atoms with Crippen LogP contribution in [-0.2, 0) is 30.4 Å². The predicted molar refractivity (Wildman–Crippen MR) is 124 cm³/mol. The lowest BCUT2D eigenvalue weighted by Crippen LogP contribution is -2.39. The van der Waals surface area contributed by atoms with Crippen LogP contribution in [-0.4, -0.2) is 60.2 Å². The highest BCUT2D eigenvalue weighted by atomic mass is 16.7. The highest BCUT2D eigenvalue weighted by molar-refractivity contribution is 5.88. The quantitative estimate of drug-likeness (QED) is 0.530. The molecule has 3 heterocycles. The standard InChI is InChI=1S/C26H30N2O7/c1-4-31-24(29)23-20-11-10-18(32-15-19-16-33-26(2,3)35-19)12-21(20)22-13-27(23)25(30)28(22)34-14-17-8-6-5-7-9-17/h5-12,19,22-23H,4,13-16H2,1-3H3. The van der Waals surface area contributed by atoms with Crippen LogP contribution in [0.3, 0.4) is 0 Å². The summed E-state index contributed by atoms with van der Waals surface area (Å²) in [6.07, 6.45) is -0.178. The monoisotopic (exact) mass is 482 g/mol. The maximum atomic E-state index is 13.3. The van der Waals surface area contributed by atoms with E-state index in [1.807, 2.05) is 56.3 Å². The normalized spacial score (nSPS) is 24.4. The third kappa shape index (κ3) is 4.71. The average Bonchev–Trinajstić information content (AvgIpc) is 3.34. The van der Waals surface area contributed by atoms with Crippen molar-refractivity contribution in [3.8, 4) is 5.75 Å². The van der Waals surface area contributed by atoms with Crippen LogP contribution in [0, 0.1) is 0 Å². The van der Waals surface area contributed by atoms with Gasteiger partial charge in [0.15, 0.2) is 11.8 Å².